The van der Waals surface area contributed by atoms with Gasteiger partial charge in [-0.25, -0.2) is 8.42 Å². The van der Waals surface area contributed by atoms with Crippen LogP contribution in [0.15, 0.2) is 35.5 Å². The maximum Gasteiger partial charge on any atom is 0.586 e. The van der Waals surface area contributed by atoms with Gasteiger partial charge in [0.15, 0.2) is 11.5 Å². The van der Waals surface area contributed by atoms with Crippen molar-refractivity contribution in [1.82, 2.24) is 9.78 Å². The van der Waals surface area contributed by atoms with E-state index in [9.17, 15) is 17.2 Å². The largest absolute Gasteiger partial charge is 0.586 e. The lowest BCUT2D eigenvalue weighted by atomic mass is 10.3. The van der Waals surface area contributed by atoms with Crippen molar-refractivity contribution in [3.63, 3.8) is 0 Å². The van der Waals surface area contributed by atoms with Gasteiger partial charge in [0.05, 0.1) is 16.8 Å². The van der Waals surface area contributed by atoms with Gasteiger partial charge in [0.1, 0.15) is 0 Å². The molecule has 0 aliphatic carbocycles. The summed E-state index contributed by atoms with van der Waals surface area (Å²) in [5.74, 6) is -0.543. The predicted octanol–water partition coefficient (Wildman–Crippen LogP) is 1.57. The number of aryl methyl sites for hydroxylation is 1. The molecule has 0 spiro atoms. The Morgan fingerprint density at radius 1 is 1.27 bits per heavy atom. The van der Waals surface area contributed by atoms with Crippen LogP contribution >= 0.6 is 0 Å². The van der Waals surface area contributed by atoms with Crippen LogP contribution in [0.5, 0.6) is 11.5 Å². The van der Waals surface area contributed by atoms with Crippen LogP contribution in [0.2, 0.25) is 0 Å². The molecule has 0 bridgehead atoms. The van der Waals surface area contributed by atoms with E-state index in [0.29, 0.717) is 5.69 Å². The van der Waals surface area contributed by atoms with Gasteiger partial charge in [-0.2, -0.15) is 5.10 Å². The number of anilines is 1. The average molecular weight is 331 g/mol. The molecule has 0 saturated carbocycles. The molecule has 1 aromatic heterocycles. The Morgan fingerprint density at radius 3 is 2.59 bits per heavy atom. The number of ether oxygens (including phenoxy) is 2. The minimum atomic E-state index is -3.94. The standard InChI is InChI=1S/C12H11F2N3O4S/c1-16-7-8(6-15-16)17(2)22(18,19)9-3-4-10-11(5-9)21-12(13,14)20-10/h3-7H,1-2H3. The van der Waals surface area contributed by atoms with E-state index in [1.54, 1.807) is 7.05 Å². The molecule has 118 valence electrons. The Kier molecular flexibility index (Phi) is 3.02. The van der Waals surface area contributed by atoms with Crippen LogP contribution in [-0.2, 0) is 17.1 Å². The molecular formula is C12H11F2N3O4S. The van der Waals surface area contributed by atoms with E-state index >= 15 is 0 Å². The molecule has 0 atom stereocenters. The number of fused-ring (bicyclic) bond motifs is 1. The summed E-state index contributed by atoms with van der Waals surface area (Å²) < 4.78 is 61.9. The smallest absolute Gasteiger partial charge is 0.395 e. The molecule has 22 heavy (non-hydrogen) atoms. The zero-order valence-electron chi connectivity index (χ0n) is 11.5. The van der Waals surface area contributed by atoms with E-state index in [1.165, 1.54) is 30.2 Å². The number of alkyl halides is 2. The second-order valence-corrected chi connectivity index (χ2v) is 6.59. The molecule has 3 rings (SSSR count). The third-order valence-corrected chi connectivity index (χ3v) is 4.87. The first-order chi connectivity index (χ1) is 10.2. The van der Waals surface area contributed by atoms with E-state index in [4.69, 9.17) is 0 Å². The van der Waals surface area contributed by atoms with Crippen LogP contribution in [-0.4, -0.2) is 31.5 Å². The Hall–Kier alpha value is -2.36. The van der Waals surface area contributed by atoms with E-state index < -0.39 is 16.3 Å². The SMILES string of the molecule is CN(c1cnn(C)c1)S(=O)(=O)c1ccc2c(c1)OC(F)(F)O2. The van der Waals surface area contributed by atoms with Crippen LogP contribution in [0.3, 0.4) is 0 Å². The predicted molar refractivity (Wildman–Crippen MR) is 71.4 cm³/mol. The van der Waals surface area contributed by atoms with Crippen LogP contribution in [0.25, 0.3) is 0 Å². The van der Waals surface area contributed by atoms with Crippen LogP contribution in [0.4, 0.5) is 14.5 Å². The summed E-state index contributed by atoms with van der Waals surface area (Å²) in [7, 11) is -0.954. The maximum absolute atomic E-state index is 13.0. The Balaban J connectivity index is 1.97. The monoisotopic (exact) mass is 331 g/mol. The molecular weight excluding hydrogens is 320 g/mol. The minimum Gasteiger partial charge on any atom is -0.395 e. The Labute approximate surface area is 124 Å². The van der Waals surface area contributed by atoms with Crippen molar-refractivity contribution in [2.24, 2.45) is 7.05 Å². The summed E-state index contributed by atoms with van der Waals surface area (Å²) in [6.45, 7) is 0. The average Bonchev–Trinajstić information content (AvgIpc) is 2.98. The van der Waals surface area contributed by atoms with Gasteiger partial charge in [0.25, 0.3) is 10.0 Å². The quantitative estimate of drug-likeness (QED) is 0.853. The zero-order valence-corrected chi connectivity index (χ0v) is 12.3. The van der Waals surface area contributed by atoms with E-state index in [0.717, 1.165) is 16.4 Å². The molecule has 7 nitrogen and oxygen atoms in total. The number of hydrogen-bond donors (Lipinski definition) is 0. The maximum atomic E-state index is 13.0. The third kappa shape index (κ3) is 2.34. The highest BCUT2D eigenvalue weighted by atomic mass is 32.2. The number of hydrogen-bond acceptors (Lipinski definition) is 5. The van der Waals surface area contributed by atoms with Crippen molar-refractivity contribution in [1.29, 1.82) is 0 Å². The normalized spacial score (nSPS) is 15.8. The first kappa shape index (κ1) is 14.6. The number of halogens is 2. The fourth-order valence-corrected chi connectivity index (χ4v) is 3.14. The lowest BCUT2D eigenvalue weighted by Gasteiger charge is -2.17. The number of sulfonamides is 1. The van der Waals surface area contributed by atoms with Gasteiger partial charge in [-0.3, -0.25) is 8.99 Å². The van der Waals surface area contributed by atoms with Crippen molar-refractivity contribution in [2.45, 2.75) is 11.2 Å². The van der Waals surface area contributed by atoms with Crippen molar-refractivity contribution in [3.05, 3.63) is 30.6 Å². The Morgan fingerprint density at radius 2 is 1.95 bits per heavy atom. The second-order valence-electron chi connectivity index (χ2n) is 4.62. The van der Waals surface area contributed by atoms with Gasteiger partial charge in [0, 0.05) is 26.4 Å². The van der Waals surface area contributed by atoms with Crippen molar-refractivity contribution < 1.29 is 26.7 Å². The first-order valence-corrected chi connectivity index (χ1v) is 7.50. The van der Waals surface area contributed by atoms with E-state index in [-0.39, 0.29) is 16.4 Å². The molecule has 0 amide bonds. The Bertz CT molecular complexity index is 835. The van der Waals surface area contributed by atoms with Gasteiger partial charge < -0.3 is 9.47 Å². The third-order valence-electron chi connectivity index (χ3n) is 3.09. The number of nitrogens with zero attached hydrogens (tertiary/aromatic N) is 3. The summed E-state index contributed by atoms with van der Waals surface area (Å²) in [6.07, 6.45) is -0.905. The molecule has 0 saturated heterocycles. The summed E-state index contributed by atoms with van der Waals surface area (Å²) in [5.41, 5.74) is 0.338. The second kappa shape index (κ2) is 4.57. The molecule has 2 heterocycles. The summed E-state index contributed by atoms with van der Waals surface area (Å²) >= 11 is 0. The number of rotatable bonds is 3. The highest BCUT2D eigenvalue weighted by Crippen LogP contribution is 2.42. The van der Waals surface area contributed by atoms with Gasteiger partial charge in [-0.1, -0.05) is 0 Å². The van der Waals surface area contributed by atoms with Gasteiger partial charge in [-0.05, 0) is 12.1 Å². The van der Waals surface area contributed by atoms with Crippen molar-refractivity contribution in [2.75, 3.05) is 11.4 Å². The van der Waals surface area contributed by atoms with Gasteiger partial charge in [0.2, 0.25) is 0 Å². The molecule has 0 unspecified atom stereocenters. The summed E-state index contributed by atoms with van der Waals surface area (Å²) in [5, 5.41) is 3.89. The van der Waals surface area contributed by atoms with Crippen LogP contribution in [0.1, 0.15) is 0 Å². The highest BCUT2D eigenvalue weighted by molar-refractivity contribution is 7.92. The highest BCUT2D eigenvalue weighted by Gasteiger charge is 2.44. The van der Waals surface area contributed by atoms with Crippen molar-refractivity contribution >= 4 is 15.7 Å². The molecule has 0 radical (unpaired) electrons. The van der Waals surface area contributed by atoms with Crippen LogP contribution in [0, 0.1) is 0 Å². The zero-order chi connectivity index (χ0) is 16.1. The molecule has 1 aliphatic rings. The number of aromatic nitrogens is 2. The molecule has 1 aliphatic heterocycles. The summed E-state index contributed by atoms with van der Waals surface area (Å²) in [4.78, 5) is -0.195. The molecule has 2 aromatic rings. The first-order valence-electron chi connectivity index (χ1n) is 6.06. The molecule has 0 N–H and O–H groups in total. The molecule has 1 aromatic carbocycles. The van der Waals surface area contributed by atoms with Gasteiger partial charge in [-0.15, -0.1) is 8.78 Å². The summed E-state index contributed by atoms with van der Waals surface area (Å²) in [6, 6.07) is 3.30. The van der Waals surface area contributed by atoms with Gasteiger partial charge >= 0.3 is 6.29 Å². The topological polar surface area (TPSA) is 73.7 Å². The van der Waals surface area contributed by atoms with Crippen molar-refractivity contribution in [3.8, 4) is 11.5 Å². The minimum absolute atomic E-state index is 0.195. The lowest BCUT2D eigenvalue weighted by molar-refractivity contribution is -0.286. The molecule has 0 fully saturated rings. The lowest BCUT2D eigenvalue weighted by Crippen LogP contribution is -2.26. The van der Waals surface area contributed by atoms with E-state index in [2.05, 4.69) is 14.6 Å². The number of benzene rings is 1. The fraction of sp³-hybridized carbons (Fsp3) is 0.250. The fourth-order valence-electron chi connectivity index (χ4n) is 1.96. The molecule has 10 heteroatoms. The van der Waals surface area contributed by atoms with E-state index in [1.807, 2.05) is 0 Å². The van der Waals surface area contributed by atoms with Crippen LogP contribution < -0.4 is 13.8 Å².